The molecule has 2 amide bonds. The Morgan fingerprint density at radius 3 is 2.66 bits per heavy atom. The molecule has 1 aliphatic rings. The first-order valence-electron chi connectivity index (χ1n) is 9.20. The molecule has 4 rings (SSSR count). The number of benzene rings is 2. The van der Waals surface area contributed by atoms with Crippen molar-refractivity contribution in [2.24, 2.45) is 0 Å². The van der Waals surface area contributed by atoms with Crippen molar-refractivity contribution in [3.8, 4) is 11.1 Å². The number of fused-ring (bicyclic) bond motifs is 1. The number of nitrogens with one attached hydrogen (secondary N) is 2. The van der Waals surface area contributed by atoms with E-state index >= 15 is 0 Å². The maximum atomic E-state index is 12.6. The van der Waals surface area contributed by atoms with Crippen LogP contribution in [-0.4, -0.2) is 21.6 Å². The SMILES string of the molecule is CCc1nn2c(c1-c1ccccc1)NC(=O)C2CC(=O)Nc1ccc(Cl)cc1Cl. The molecule has 29 heavy (non-hydrogen) atoms. The molecule has 3 aromatic rings. The molecule has 1 aliphatic heterocycles. The van der Waals surface area contributed by atoms with Crippen LogP contribution in [0.3, 0.4) is 0 Å². The summed E-state index contributed by atoms with van der Waals surface area (Å²) in [5.41, 5.74) is 3.19. The molecule has 0 saturated carbocycles. The van der Waals surface area contributed by atoms with Gasteiger partial charge in [-0.05, 0) is 30.2 Å². The van der Waals surface area contributed by atoms with Crippen LogP contribution >= 0.6 is 23.2 Å². The summed E-state index contributed by atoms with van der Waals surface area (Å²) >= 11 is 12.0. The Kier molecular flexibility index (Phi) is 5.30. The van der Waals surface area contributed by atoms with Crippen LogP contribution in [0, 0.1) is 0 Å². The molecule has 8 heteroatoms. The third-order valence-electron chi connectivity index (χ3n) is 4.80. The molecule has 2 N–H and O–H groups in total. The molecule has 2 heterocycles. The van der Waals surface area contributed by atoms with Crippen molar-refractivity contribution in [1.29, 1.82) is 0 Å². The fourth-order valence-corrected chi connectivity index (χ4v) is 3.90. The number of carbonyl (C=O) groups is 2. The normalized spacial score (nSPS) is 15.1. The second-order valence-corrected chi connectivity index (χ2v) is 7.56. The molecule has 1 aromatic heterocycles. The zero-order chi connectivity index (χ0) is 20.5. The second kappa shape index (κ2) is 7.89. The quantitative estimate of drug-likeness (QED) is 0.603. The maximum Gasteiger partial charge on any atom is 0.251 e. The van der Waals surface area contributed by atoms with E-state index in [4.69, 9.17) is 23.2 Å². The van der Waals surface area contributed by atoms with Crippen molar-refractivity contribution in [3.63, 3.8) is 0 Å². The van der Waals surface area contributed by atoms with Crippen LogP contribution in [-0.2, 0) is 16.0 Å². The van der Waals surface area contributed by atoms with Gasteiger partial charge in [0.05, 0.1) is 22.8 Å². The molecule has 1 unspecified atom stereocenters. The van der Waals surface area contributed by atoms with Gasteiger partial charge in [-0.3, -0.25) is 9.59 Å². The molecule has 2 aromatic carbocycles. The Hall–Kier alpha value is -2.83. The highest BCUT2D eigenvalue weighted by Crippen LogP contribution is 2.38. The molecule has 0 bridgehead atoms. The van der Waals surface area contributed by atoms with E-state index in [0.29, 0.717) is 28.0 Å². The van der Waals surface area contributed by atoms with Crippen LogP contribution in [0.15, 0.2) is 48.5 Å². The average molecular weight is 429 g/mol. The zero-order valence-electron chi connectivity index (χ0n) is 15.6. The summed E-state index contributed by atoms with van der Waals surface area (Å²) < 4.78 is 1.62. The zero-order valence-corrected chi connectivity index (χ0v) is 17.1. The minimum Gasteiger partial charge on any atom is -0.325 e. The van der Waals surface area contributed by atoms with E-state index in [0.717, 1.165) is 16.8 Å². The Bertz CT molecular complexity index is 1100. The number of anilines is 2. The summed E-state index contributed by atoms with van der Waals surface area (Å²) in [6.07, 6.45) is 0.649. The van der Waals surface area contributed by atoms with Gasteiger partial charge in [0, 0.05) is 10.6 Å². The monoisotopic (exact) mass is 428 g/mol. The van der Waals surface area contributed by atoms with Crippen LogP contribution in [0.5, 0.6) is 0 Å². The number of carbonyl (C=O) groups excluding carboxylic acids is 2. The van der Waals surface area contributed by atoms with E-state index < -0.39 is 6.04 Å². The number of hydrogen-bond acceptors (Lipinski definition) is 3. The molecule has 0 fully saturated rings. The van der Waals surface area contributed by atoms with E-state index in [9.17, 15) is 9.59 Å². The highest BCUT2D eigenvalue weighted by atomic mass is 35.5. The molecule has 0 spiro atoms. The number of aromatic nitrogens is 2. The van der Waals surface area contributed by atoms with E-state index in [1.54, 1.807) is 22.9 Å². The van der Waals surface area contributed by atoms with Crippen molar-refractivity contribution >= 4 is 46.5 Å². The summed E-state index contributed by atoms with van der Waals surface area (Å²) in [6.45, 7) is 2.01. The number of nitrogens with zero attached hydrogens (tertiary/aromatic N) is 2. The fraction of sp³-hybridized carbons (Fsp3) is 0.190. The maximum absolute atomic E-state index is 12.6. The van der Waals surface area contributed by atoms with Crippen molar-refractivity contribution in [3.05, 3.63) is 64.3 Å². The lowest BCUT2D eigenvalue weighted by atomic mass is 10.0. The number of rotatable bonds is 5. The summed E-state index contributed by atoms with van der Waals surface area (Å²) in [5, 5.41) is 11.1. The van der Waals surface area contributed by atoms with Gasteiger partial charge in [0.1, 0.15) is 11.9 Å². The molecule has 1 atom stereocenters. The first kappa shape index (κ1) is 19.5. The number of aryl methyl sites for hydroxylation is 1. The lowest BCUT2D eigenvalue weighted by molar-refractivity contribution is -0.123. The van der Waals surface area contributed by atoms with E-state index in [1.807, 2.05) is 37.3 Å². The lowest BCUT2D eigenvalue weighted by Crippen LogP contribution is -2.24. The Morgan fingerprint density at radius 2 is 1.97 bits per heavy atom. The number of hydrogen-bond donors (Lipinski definition) is 2. The van der Waals surface area contributed by atoms with Gasteiger partial charge < -0.3 is 10.6 Å². The Morgan fingerprint density at radius 1 is 1.21 bits per heavy atom. The Labute approximate surface area is 177 Å². The molecule has 0 aliphatic carbocycles. The van der Waals surface area contributed by atoms with E-state index in [1.165, 1.54) is 0 Å². The summed E-state index contributed by atoms with van der Waals surface area (Å²) in [5.74, 6) is 0.0297. The average Bonchev–Trinajstić information content (AvgIpc) is 3.20. The van der Waals surface area contributed by atoms with E-state index in [-0.39, 0.29) is 18.2 Å². The predicted octanol–water partition coefficient (Wildman–Crippen LogP) is 4.94. The topological polar surface area (TPSA) is 76.0 Å². The van der Waals surface area contributed by atoms with Gasteiger partial charge in [-0.2, -0.15) is 5.10 Å². The van der Waals surface area contributed by atoms with Crippen molar-refractivity contribution < 1.29 is 9.59 Å². The van der Waals surface area contributed by atoms with Gasteiger partial charge in [-0.15, -0.1) is 0 Å². The standard InChI is InChI=1S/C21H18Cl2N4O2/c1-2-15-19(12-6-4-3-5-7-12)20-25-21(29)17(27(20)26-15)11-18(28)24-16-9-8-13(22)10-14(16)23/h3-10,17H,2,11H2,1H3,(H,24,28)(H,25,29). The van der Waals surface area contributed by atoms with Gasteiger partial charge in [0.25, 0.3) is 5.91 Å². The predicted molar refractivity (Wildman–Crippen MR) is 114 cm³/mol. The highest BCUT2D eigenvalue weighted by molar-refractivity contribution is 6.36. The van der Waals surface area contributed by atoms with Crippen molar-refractivity contribution in [1.82, 2.24) is 9.78 Å². The van der Waals surface area contributed by atoms with Gasteiger partial charge in [0.15, 0.2) is 0 Å². The van der Waals surface area contributed by atoms with Gasteiger partial charge >= 0.3 is 0 Å². The molecule has 0 saturated heterocycles. The molecule has 148 valence electrons. The van der Waals surface area contributed by atoms with Gasteiger partial charge in [0.2, 0.25) is 5.91 Å². The van der Waals surface area contributed by atoms with E-state index in [2.05, 4.69) is 15.7 Å². The smallest absolute Gasteiger partial charge is 0.251 e. The third kappa shape index (κ3) is 3.73. The van der Waals surface area contributed by atoms with Gasteiger partial charge in [-0.1, -0.05) is 60.5 Å². The molecular weight excluding hydrogens is 411 g/mol. The number of halogens is 2. The van der Waals surface area contributed by atoms with Crippen molar-refractivity contribution in [2.75, 3.05) is 10.6 Å². The first-order chi connectivity index (χ1) is 14.0. The molecule has 0 radical (unpaired) electrons. The molecule has 6 nitrogen and oxygen atoms in total. The highest BCUT2D eigenvalue weighted by Gasteiger charge is 2.36. The minimum atomic E-state index is -0.723. The second-order valence-electron chi connectivity index (χ2n) is 6.72. The van der Waals surface area contributed by atoms with Gasteiger partial charge in [-0.25, -0.2) is 4.68 Å². The summed E-state index contributed by atoms with van der Waals surface area (Å²) in [4.78, 5) is 25.1. The summed E-state index contributed by atoms with van der Waals surface area (Å²) in [7, 11) is 0. The van der Waals surface area contributed by atoms with Crippen molar-refractivity contribution in [2.45, 2.75) is 25.8 Å². The van der Waals surface area contributed by atoms with Crippen LogP contribution in [0.1, 0.15) is 25.1 Å². The Balaban J connectivity index is 1.60. The van der Waals surface area contributed by atoms with Crippen LogP contribution in [0.2, 0.25) is 10.0 Å². The fourth-order valence-electron chi connectivity index (χ4n) is 3.44. The summed E-state index contributed by atoms with van der Waals surface area (Å²) in [6, 6.07) is 13.9. The molecular formula is C21H18Cl2N4O2. The largest absolute Gasteiger partial charge is 0.325 e. The van der Waals surface area contributed by atoms with Crippen LogP contribution in [0.4, 0.5) is 11.5 Å². The number of amides is 2. The lowest BCUT2D eigenvalue weighted by Gasteiger charge is -2.11. The van der Waals surface area contributed by atoms with Crippen LogP contribution < -0.4 is 10.6 Å². The first-order valence-corrected chi connectivity index (χ1v) is 9.96. The third-order valence-corrected chi connectivity index (χ3v) is 5.35. The van der Waals surface area contributed by atoms with Crippen LogP contribution in [0.25, 0.3) is 11.1 Å². The minimum absolute atomic E-state index is 0.0587.